The Morgan fingerprint density at radius 3 is 2.68 bits per heavy atom. The normalized spacial score (nSPS) is 15.4. The summed E-state index contributed by atoms with van der Waals surface area (Å²) in [6, 6.07) is 13.6. The van der Waals surface area contributed by atoms with Crippen molar-refractivity contribution >= 4 is 29.1 Å². The van der Waals surface area contributed by atoms with Crippen LogP contribution in [0.1, 0.15) is 17.3 Å². The lowest BCUT2D eigenvalue weighted by atomic mass is 10.2. The number of hydrogen-bond acceptors (Lipinski definition) is 4. The molecule has 3 amide bonds. The number of fused-ring (bicyclic) bond motifs is 1. The molecule has 2 aromatic rings. The molecule has 0 aliphatic carbocycles. The zero-order chi connectivity index (χ0) is 17.8. The van der Waals surface area contributed by atoms with Crippen LogP contribution in [0.4, 0.5) is 11.4 Å². The molecule has 1 aliphatic rings. The molecular weight excluding hydrogens is 322 g/mol. The summed E-state index contributed by atoms with van der Waals surface area (Å²) in [6.07, 6.45) is -0.554. The van der Waals surface area contributed by atoms with Crippen molar-refractivity contribution < 1.29 is 19.1 Å². The summed E-state index contributed by atoms with van der Waals surface area (Å²) < 4.78 is 5.45. The molecule has 3 rings (SSSR count). The van der Waals surface area contributed by atoms with Gasteiger partial charge in [-0.3, -0.25) is 14.4 Å². The highest BCUT2D eigenvalue weighted by atomic mass is 16.5. The largest absolute Gasteiger partial charge is 0.479 e. The van der Waals surface area contributed by atoms with E-state index in [-0.39, 0.29) is 24.3 Å². The predicted molar refractivity (Wildman–Crippen MR) is 92.6 cm³/mol. The quantitative estimate of drug-likeness (QED) is 0.791. The lowest BCUT2D eigenvalue weighted by molar-refractivity contribution is -0.122. The molecule has 1 atom stereocenters. The van der Waals surface area contributed by atoms with E-state index >= 15 is 0 Å². The maximum absolute atomic E-state index is 12.0. The lowest BCUT2D eigenvalue weighted by Crippen LogP contribution is -2.34. The molecule has 0 saturated carbocycles. The first-order valence-electron chi connectivity index (χ1n) is 7.77. The van der Waals surface area contributed by atoms with Crippen molar-refractivity contribution in [3.63, 3.8) is 0 Å². The first-order valence-corrected chi connectivity index (χ1v) is 7.77. The second-order valence-corrected chi connectivity index (χ2v) is 5.56. The fraction of sp³-hybridized carbons (Fsp3) is 0.167. The second-order valence-electron chi connectivity index (χ2n) is 5.56. The third-order valence-corrected chi connectivity index (χ3v) is 3.64. The first-order chi connectivity index (χ1) is 12.0. The number of hydrogen-bond donors (Lipinski definition) is 3. The minimum atomic E-state index is -0.554. The highest BCUT2D eigenvalue weighted by molar-refractivity contribution is 6.01. The van der Waals surface area contributed by atoms with E-state index in [1.54, 1.807) is 49.4 Å². The van der Waals surface area contributed by atoms with Gasteiger partial charge in [0, 0.05) is 11.3 Å². The molecule has 128 valence electrons. The van der Waals surface area contributed by atoms with Crippen molar-refractivity contribution in [3.05, 3.63) is 54.1 Å². The molecule has 0 saturated heterocycles. The third-order valence-electron chi connectivity index (χ3n) is 3.64. The highest BCUT2D eigenvalue weighted by Crippen LogP contribution is 2.32. The molecule has 7 nitrogen and oxygen atoms in total. The van der Waals surface area contributed by atoms with E-state index in [0.717, 1.165) is 0 Å². The Labute approximate surface area is 144 Å². The number of carbonyl (C=O) groups is 3. The van der Waals surface area contributed by atoms with Crippen LogP contribution in [-0.2, 0) is 9.59 Å². The topological polar surface area (TPSA) is 96.5 Å². The average Bonchev–Trinajstić information content (AvgIpc) is 2.61. The summed E-state index contributed by atoms with van der Waals surface area (Å²) in [5.41, 5.74) is 1.48. The number of rotatable bonds is 4. The van der Waals surface area contributed by atoms with Crippen LogP contribution in [0.25, 0.3) is 0 Å². The Bertz CT molecular complexity index is 820. The smallest absolute Gasteiger partial charge is 0.265 e. The summed E-state index contributed by atoms with van der Waals surface area (Å²) in [5.74, 6) is -0.398. The molecular formula is C18H17N3O4. The lowest BCUT2D eigenvalue weighted by Gasteiger charge is -2.23. The average molecular weight is 339 g/mol. The Morgan fingerprint density at radius 2 is 1.92 bits per heavy atom. The number of ether oxygens (including phenoxy) is 1. The van der Waals surface area contributed by atoms with E-state index < -0.39 is 6.10 Å². The van der Waals surface area contributed by atoms with Crippen LogP contribution in [0, 0.1) is 0 Å². The molecule has 0 spiro atoms. The number of amides is 3. The highest BCUT2D eigenvalue weighted by Gasteiger charge is 2.23. The summed E-state index contributed by atoms with van der Waals surface area (Å²) >= 11 is 0. The molecule has 1 aliphatic heterocycles. The van der Waals surface area contributed by atoms with E-state index in [4.69, 9.17) is 4.74 Å². The van der Waals surface area contributed by atoms with E-state index in [1.807, 2.05) is 6.07 Å². The zero-order valence-corrected chi connectivity index (χ0v) is 13.5. The van der Waals surface area contributed by atoms with Crippen LogP contribution in [0.2, 0.25) is 0 Å². The van der Waals surface area contributed by atoms with Gasteiger partial charge in [0.2, 0.25) is 5.91 Å². The second kappa shape index (κ2) is 7.04. The van der Waals surface area contributed by atoms with Gasteiger partial charge in [0.05, 0.1) is 12.2 Å². The van der Waals surface area contributed by atoms with Crippen LogP contribution in [0.3, 0.4) is 0 Å². The van der Waals surface area contributed by atoms with Gasteiger partial charge in [-0.2, -0.15) is 0 Å². The van der Waals surface area contributed by atoms with Crippen molar-refractivity contribution in [1.29, 1.82) is 0 Å². The van der Waals surface area contributed by atoms with E-state index in [9.17, 15) is 14.4 Å². The molecule has 0 radical (unpaired) electrons. The molecule has 1 heterocycles. The van der Waals surface area contributed by atoms with Crippen molar-refractivity contribution in [2.45, 2.75) is 13.0 Å². The van der Waals surface area contributed by atoms with E-state index in [1.165, 1.54) is 0 Å². The van der Waals surface area contributed by atoms with Crippen molar-refractivity contribution in [3.8, 4) is 5.75 Å². The standard InChI is InChI=1S/C18H17N3O4/c1-11-17(23)21-14-9-13(7-8-15(14)25-11)20-16(22)10-19-18(24)12-5-3-2-4-6-12/h2-9,11H,10H2,1H3,(H,19,24)(H,20,22)(H,21,23)/t11-/m0/s1. The van der Waals surface area contributed by atoms with Crippen LogP contribution >= 0.6 is 0 Å². The van der Waals surface area contributed by atoms with Crippen LogP contribution in [-0.4, -0.2) is 30.4 Å². The zero-order valence-electron chi connectivity index (χ0n) is 13.5. The summed E-state index contributed by atoms with van der Waals surface area (Å²) in [7, 11) is 0. The maximum Gasteiger partial charge on any atom is 0.265 e. The molecule has 7 heteroatoms. The van der Waals surface area contributed by atoms with Gasteiger partial charge in [-0.05, 0) is 37.3 Å². The van der Waals surface area contributed by atoms with Crippen LogP contribution in [0.5, 0.6) is 5.75 Å². The Morgan fingerprint density at radius 1 is 1.16 bits per heavy atom. The Kier molecular flexibility index (Phi) is 4.65. The molecule has 0 aromatic heterocycles. The van der Waals surface area contributed by atoms with Gasteiger partial charge >= 0.3 is 0 Å². The minimum absolute atomic E-state index is 0.162. The number of anilines is 2. The van der Waals surface area contributed by atoms with Crippen molar-refractivity contribution in [2.24, 2.45) is 0 Å². The van der Waals surface area contributed by atoms with Gasteiger partial charge in [-0.25, -0.2) is 0 Å². The van der Waals surface area contributed by atoms with Gasteiger partial charge in [0.1, 0.15) is 5.75 Å². The number of benzene rings is 2. The first kappa shape index (κ1) is 16.5. The van der Waals surface area contributed by atoms with Crippen molar-refractivity contribution in [1.82, 2.24) is 5.32 Å². The Balaban J connectivity index is 1.57. The van der Waals surface area contributed by atoms with Gasteiger partial charge in [0.25, 0.3) is 11.8 Å². The van der Waals surface area contributed by atoms with Crippen LogP contribution in [0.15, 0.2) is 48.5 Å². The molecule has 0 fully saturated rings. The fourth-order valence-corrected chi connectivity index (χ4v) is 2.34. The predicted octanol–water partition coefficient (Wildman–Crippen LogP) is 1.77. The van der Waals surface area contributed by atoms with Crippen molar-refractivity contribution in [2.75, 3.05) is 17.2 Å². The van der Waals surface area contributed by atoms with Crippen LogP contribution < -0.4 is 20.7 Å². The van der Waals surface area contributed by atoms with Gasteiger partial charge in [-0.1, -0.05) is 18.2 Å². The molecule has 0 bridgehead atoms. The maximum atomic E-state index is 12.0. The SMILES string of the molecule is C[C@@H]1Oc2ccc(NC(=O)CNC(=O)c3ccccc3)cc2NC1=O. The minimum Gasteiger partial charge on any atom is -0.479 e. The summed E-state index contributed by atoms with van der Waals surface area (Å²) in [6.45, 7) is 1.49. The molecule has 0 unspecified atom stereocenters. The van der Waals surface area contributed by atoms with Gasteiger partial charge < -0.3 is 20.7 Å². The molecule has 3 N–H and O–H groups in total. The summed E-state index contributed by atoms with van der Waals surface area (Å²) in [4.78, 5) is 35.5. The Hall–Kier alpha value is -3.35. The monoisotopic (exact) mass is 339 g/mol. The van der Waals surface area contributed by atoms with E-state index in [2.05, 4.69) is 16.0 Å². The van der Waals surface area contributed by atoms with Gasteiger partial charge in [0.15, 0.2) is 6.10 Å². The number of nitrogens with one attached hydrogen (secondary N) is 3. The van der Waals surface area contributed by atoms with E-state index in [0.29, 0.717) is 22.7 Å². The molecule has 2 aromatic carbocycles. The third kappa shape index (κ3) is 3.95. The van der Waals surface area contributed by atoms with Gasteiger partial charge in [-0.15, -0.1) is 0 Å². The number of carbonyl (C=O) groups excluding carboxylic acids is 3. The summed E-state index contributed by atoms with van der Waals surface area (Å²) in [5, 5.41) is 7.92. The molecule has 25 heavy (non-hydrogen) atoms. The fourth-order valence-electron chi connectivity index (χ4n) is 2.34.